The molecule has 0 aliphatic heterocycles. The molecule has 1 heterocycles. The third kappa shape index (κ3) is 3.92. The van der Waals surface area contributed by atoms with Crippen LogP contribution in [0.1, 0.15) is 0 Å². The Bertz CT molecular complexity index is 2240. The summed E-state index contributed by atoms with van der Waals surface area (Å²) in [7, 11) is -5.96. The van der Waals surface area contributed by atoms with Crippen molar-refractivity contribution in [1.29, 1.82) is 0 Å². The van der Waals surface area contributed by atoms with E-state index in [0.717, 1.165) is 27.1 Å². The summed E-state index contributed by atoms with van der Waals surface area (Å²) < 4.78 is 71.6. The van der Waals surface area contributed by atoms with Crippen LogP contribution in [0.2, 0.25) is 0 Å². The molecule has 0 bridgehead atoms. The van der Waals surface area contributed by atoms with Gasteiger partial charge in [-0.1, -0.05) is 97.1 Å². The second kappa shape index (κ2) is 9.07. The molecule has 0 aliphatic carbocycles. The zero-order valence-electron chi connectivity index (χ0n) is 21.1. The lowest BCUT2D eigenvalue weighted by atomic mass is 10.00. The molecule has 7 aromatic rings. The van der Waals surface area contributed by atoms with E-state index >= 15 is 0 Å². The Labute approximate surface area is 232 Å². The molecule has 9 heteroatoms. The lowest BCUT2D eigenvalue weighted by Crippen LogP contribution is -2.28. The van der Waals surface area contributed by atoms with Gasteiger partial charge >= 0.3 is 15.6 Å². The average Bonchev–Trinajstić information content (AvgIpc) is 3.37. The number of halogens is 3. The highest BCUT2D eigenvalue weighted by Crippen LogP contribution is 2.44. The first-order valence-electron chi connectivity index (χ1n) is 12.6. The van der Waals surface area contributed by atoms with Crippen LogP contribution in [0.25, 0.3) is 60.4 Å². The summed E-state index contributed by atoms with van der Waals surface area (Å²) in [5.41, 5.74) is -3.43. The highest BCUT2D eigenvalue weighted by Gasteiger charge is 2.49. The maximum atomic E-state index is 13.5. The van der Waals surface area contributed by atoms with Gasteiger partial charge in [0.1, 0.15) is 5.82 Å². The van der Waals surface area contributed by atoms with E-state index < -0.39 is 21.4 Å². The van der Waals surface area contributed by atoms with Crippen LogP contribution in [-0.4, -0.2) is 23.5 Å². The van der Waals surface area contributed by atoms with Gasteiger partial charge in [0.05, 0.1) is 16.6 Å². The first-order valence-corrected chi connectivity index (χ1v) is 14.1. The molecule has 0 atom stereocenters. The Morgan fingerprint density at radius 2 is 1.20 bits per heavy atom. The predicted octanol–water partition coefficient (Wildman–Crippen LogP) is 8.38. The third-order valence-electron chi connectivity index (χ3n) is 7.14. The van der Waals surface area contributed by atoms with Crippen molar-refractivity contribution in [2.45, 2.75) is 5.51 Å². The van der Waals surface area contributed by atoms with Gasteiger partial charge in [0.2, 0.25) is 0 Å². The topological polar surface area (TPSA) is 61.2 Å². The number of fused-ring (bicyclic) bond motifs is 7. The Morgan fingerprint density at radius 1 is 0.634 bits per heavy atom. The Morgan fingerprint density at radius 3 is 1.88 bits per heavy atom. The molecule has 0 saturated carbocycles. The van der Waals surface area contributed by atoms with Gasteiger partial charge in [0.25, 0.3) is 0 Å². The summed E-state index contributed by atoms with van der Waals surface area (Å²) in [6.07, 6.45) is 0. The van der Waals surface area contributed by atoms with E-state index in [2.05, 4.69) is 0 Å². The Hall–Kier alpha value is -4.89. The van der Waals surface area contributed by atoms with Crippen LogP contribution in [0.4, 0.5) is 13.2 Å². The number of para-hydroxylation sites is 1. The van der Waals surface area contributed by atoms with Gasteiger partial charge in [-0.25, -0.2) is 4.98 Å². The second-order valence-corrected chi connectivity index (χ2v) is 11.1. The number of rotatable bonds is 4. The molecule has 1 aromatic heterocycles. The molecule has 0 radical (unpaired) electrons. The standard InChI is InChI=1S/C32H19F3N2O3S/c33-32(34,35)41(38,39)40-27-19-18-20-10-4-5-13-22(20)28(27)31-36-29-25-16-8-6-14-23(25)24-15-7-9-17-26(24)30(29)37(31)21-11-2-1-3-12-21/h1-19H. The Kier molecular flexibility index (Phi) is 5.55. The summed E-state index contributed by atoms with van der Waals surface area (Å²) in [6.45, 7) is 0. The van der Waals surface area contributed by atoms with Crippen molar-refractivity contribution in [2.75, 3.05) is 0 Å². The number of benzene rings is 6. The number of aromatic nitrogens is 2. The molecule has 0 fully saturated rings. The van der Waals surface area contributed by atoms with Gasteiger partial charge in [-0.15, -0.1) is 0 Å². The first kappa shape index (κ1) is 25.1. The summed E-state index contributed by atoms with van der Waals surface area (Å²) in [5.74, 6) is -0.223. The van der Waals surface area contributed by atoms with Crippen LogP contribution in [0.5, 0.6) is 5.75 Å². The van der Waals surface area contributed by atoms with E-state index in [1.807, 2.05) is 83.4 Å². The molecular formula is C32H19F3N2O3S. The molecule has 0 amide bonds. The zero-order chi connectivity index (χ0) is 28.4. The van der Waals surface area contributed by atoms with Gasteiger partial charge in [0, 0.05) is 16.5 Å². The number of hydrogen-bond donors (Lipinski definition) is 0. The molecule has 41 heavy (non-hydrogen) atoms. The van der Waals surface area contributed by atoms with Crippen LogP contribution in [0.15, 0.2) is 115 Å². The highest BCUT2D eigenvalue weighted by molar-refractivity contribution is 7.88. The maximum Gasteiger partial charge on any atom is 0.534 e. The first-order chi connectivity index (χ1) is 19.7. The molecular weight excluding hydrogens is 549 g/mol. The van der Waals surface area contributed by atoms with Crippen molar-refractivity contribution < 1.29 is 25.8 Å². The van der Waals surface area contributed by atoms with E-state index in [4.69, 9.17) is 9.17 Å². The number of nitrogens with zero attached hydrogens (tertiary/aromatic N) is 2. The number of imidazole rings is 1. The van der Waals surface area contributed by atoms with E-state index in [-0.39, 0.29) is 11.4 Å². The lowest BCUT2D eigenvalue weighted by molar-refractivity contribution is -0.0499. The fourth-order valence-electron chi connectivity index (χ4n) is 5.42. The lowest BCUT2D eigenvalue weighted by Gasteiger charge is -2.17. The van der Waals surface area contributed by atoms with Crippen molar-refractivity contribution in [1.82, 2.24) is 9.55 Å². The predicted molar refractivity (Wildman–Crippen MR) is 155 cm³/mol. The van der Waals surface area contributed by atoms with E-state index in [1.54, 1.807) is 24.3 Å². The van der Waals surface area contributed by atoms with Crippen molar-refractivity contribution in [2.24, 2.45) is 0 Å². The van der Waals surface area contributed by atoms with Crippen LogP contribution in [-0.2, 0) is 10.1 Å². The summed E-state index contributed by atoms with van der Waals surface area (Å²) >= 11 is 0. The minimum absolute atomic E-state index is 0.129. The van der Waals surface area contributed by atoms with E-state index in [9.17, 15) is 21.6 Å². The van der Waals surface area contributed by atoms with E-state index in [0.29, 0.717) is 22.0 Å². The molecule has 0 aliphatic rings. The zero-order valence-corrected chi connectivity index (χ0v) is 21.9. The summed E-state index contributed by atoms with van der Waals surface area (Å²) in [4.78, 5) is 5.05. The fraction of sp³-hybridized carbons (Fsp3) is 0.0312. The average molecular weight is 569 g/mol. The minimum Gasteiger partial charge on any atom is -0.375 e. The maximum absolute atomic E-state index is 13.5. The molecule has 5 nitrogen and oxygen atoms in total. The molecule has 6 aromatic carbocycles. The Balaban J connectivity index is 1.70. The van der Waals surface area contributed by atoms with Crippen molar-refractivity contribution in [3.8, 4) is 22.8 Å². The molecule has 0 spiro atoms. The summed E-state index contributed by atoms with van der Waals surface area (Å²) in [5, 5.41) is 4.85. The fourth-order valence-corrected chi connectivity index (χ4v) is 5.89. The molecule has 7 rings (SSSR count). The summed E-state index contributed by atoms with van der Waals surface area (Å²) in [6, 6.07) is 34.7. The third-order valence-corrected chi connectivity index (χ3v) is 8.11. The van der Waals surface area contributed by atoms with E-state index in [1.165, 1.54) is 12.1 Å². The smallest absolute Gasteiger partial charge is 0.375 e. The van der Waals surface area contributed by atoms with Crippen molar-refractivity contribution in [3.63, 3.8) is 0 Å². The van der Waals surface area contributed by atoms with Gasteiger partial charge < -0.3 is 4.18 Å². The number of hydrogen-bond acceptors (Lipinski definition) is 4. The largest absolute Gasteiger partial charge is 0.534 e. The monoisotopic (exact) mass is 568 g/mol. The molecule has 202 valence electrons. The van der Waals surface area contributed by atoms with Gasteiger partial charge in [-0.3, -0.25) is 4.57 Å². The highest BCUT2D eigenvalue weighted by atomic mass is 32.2. The van der Waals surface area contributed by atoms with Crippen LogP contribution < -0.4 is 4.18 Å². The van der Waals surface area contributed by atoms with Crippen LogP contribution in [0.3, 0.4) is 0 Å². The van der Waals surface area contributed by atoms with Crippen LogP contribution in [0, 0.1) is 0 Å². The van der Waals surface area contributed by atoms with Gasteiger partial charge in [-0.05, 0) is 39.7 Å². The SMILES string of the molecule is O=S(=O)(Oc1ccc2ccccc2c1-c1nc2c3ccccc3c3ccccc3c2n1-c1ccccc1)C(F)(F)F. The van der Waals surface area contributed by atoms with Gasteiger partial charge in [-0.2, -0.15) is 21.6 Å². The van der Waals surface area contributed by atoms with Gasteiger partial charge in [0.15, 0.2) is 5.75 Å². The second-order valence-electron chi connectivity index (χ2n) is 9.54. The van der Waals surface area contributed by atoms with Crippen molar-refractivity contribution in [3.05, 3.63) is 115 Å². The number of alkyl halides is 3. The molecule has 0 unspecified atom stereocenters. The quantitative estimate of drug-likeness (QED) is 0.122. The molecule has 0 N–H and O–H groups in total. The van der Waals surface area contributed by atoms with Crippen molar-refractivity contribution >= 4 is 53.5 Å². The van der Waals surface area contributed by atoms with Crippen LogP contribution >= 0.6 is 0 Å². The molecule has 0 saturated heterocycles. The normalized spacial score (nSPS) is 12.5. The minimum atomic E-state index is -5.96.